The molecule has 146 valence electrons. The van der Waals surface area contributed by atoms with E-state index in [-0.39, 0.29) is 0 Å². The number of hydrogen-bond acceptors (Lipinski definition) is 3. The van der Waals surface area contributed by atoms with Crippen molar-refractivity contribution in [2.75, 3.05) is 18.0 Å². The Morgan fingerprint density at radius 1 is 1.00 bits per heavy atom. The van der Waals surface area contributed by atoms with Gasteiger partial charge < -0.3 is 4.90 Å². The Labute approximate surface area is 167 Å². The van der Waals surface area contributed by atoms with Crippen LogP contribution >= 0.6 is 0 Å². The molecule has 1 aliphatic heterocycles. The average Bonchev–Trinajstić information content (AvgIpc) is 3.23. The van der Waals surface area contributed by atoms with E-state index in [1.807, 2.05) is 19.9 Å². The lowest BCUT2D eigenvalue weighted by Gasteiger charge is -2.22. The number of sulfone groups is 1. The van der Waals surface area contributed by atoms with Crippen molar-refractivity contribution in [3.8, 4) is 0 Å². The first-order valence-electron chi connectivity index (χ1n) is 9.96. The predicted octanol–water partition coefficient (Wildman–Crippen LogP) is 4.27. The summed E-state index contributed by atoms with van der Waals surface area (Å²) in [4.78, 5) is 6.20. The smallest absolute Gasteiger partial charge is 0.214 e. The predicted molar refractivity (Wildman–Crippen MR) is 113 cm³/mol. The van der Waals surface area contributed by atoms with Crippen molar-refractivity contribution in [3.05, 3.63) is 59.3 Å². The van der Waals surface area contributed by atoms with Crippen molar-refractivity contribution < 1.29 is 13.4 Å². The molecule has 0 atom stereocenters. The summed E-state index contributed by atoms with van der Waals surface area (Å²) in [5, 5.41) is 0.992. The molecule has 0 unspecified atom stereocenters. The van der Waals surface area contributed by atoms with E-state index in [1.165, 1.54) is 5.56 Å². The minimum atomic E-state index is -3.63. The number of benzene rings is 2. The number of aromatic nitrogens is 1. The summed E-state index contributed by atoms with van der Waals surface area (Å²) >= 11 is 0. The quantitative estimate of drug-likeness (QED) is 0.663. The van der Waals surface area contributed by atoms with E-state index in [9.17, 15) is 8.42 Å². The first-order valence-corrected chi connectivity index (χ1v) is 11.4. The van der Waals surface area contributed by atoms with Crippen LogP contribution in [0.3, 0.4) is 0 Å². The number of aryl methyl sites for hydroxylation is 3. The molecule has 2 heterocycles. The van der Waals surface area contributed by atoms with E-state index in [2.05, 4.69) is 35.0 Å². The van der Waals surface area contributed by atoms with Crippen LogP contribution in [-0.2, 0) is 16.3 Å². The Morgan fingerprint density at radius 2 is 1.75 bits per heavy atom. The monoisotopic (exact) mass is 395 g/mol. The molecule has 0 aliphatic carbocycles. The highest BCUT2D eigenvalue weighted by atomic mass is 32.2. The summed E-state index contributed by atoms with van der Waals surface area (Å²) in [7, 11) is -3.63. The van der Waals surface area contributed by atoms with Gasteiger partial charge >= 0.3 is 0 Å². The fourth-order valence-corrected chi connectivity index (χ4v) is 5.50. The molecule has 4 nitrogen and oxygen atoms in total. The number of fused-ring (bicyclic) bond motifs is 1. The van der Waals surface area contributed by atoms with Crippen molar-refractivity contribution in [2.24, 2.45) is 0 Å². The zero-order valence-electron chi connectivity index (χ0n) is 16.7. The summed E-state index contributed by atoms with van der Waals surface area (Å²) < 4.78 is 27.3. The second-order valence-corrected chi connectivity index (χ2v) is 9.60. The molecule has 0 bridgehead atoms. The minimum Gasteiger partial charge on any atom is -0.370 e. The van der Waals surface area contributed by atoms with Gasteiger partial charge in [-0.2, -0.15) is 0 Å². The summed E-state index contributed by atoms with van der Waals surface area (Å²) in [6, 6.07) is 11.7. The van der Waals surface area contributed by atoms with Crippen LogP contribution in [0.4, 0.5) is 5.69 Å². The van der Waals surface area contributed by atoms with Gasteiger partial charge in [-0.05, 0) is 68.0 Å². The molecule has 3 aromatic rings. The van der Waals surface area contributed by atoms with Crippen molar-refractivity contribution in [1.82, 2.24) is 0 Å². The number of anilines is 1. The number of hydrogen-bond donors (Lipinski definition) is 0. The van der Waals surface area contributed by atoms with Gasteiger partial charge in [0.25, 0.3) is 0 Å². The van der Waals surface area contributed by atoms with Crippen LogP contribution in [0.5, 0.6) is 0 Å². The zero-order valence-corrected chi connectivity index (χ0v) is 17.6. The molecule has 5 heteroatoms. The Balaban J connectivity index is 1.99. The summed E-state index contributed by atoms with van der Waals surface area (Å²) in [6.07, 6.45) is 4.78. The van der Waals surface area contributed by atoms with Crippen LogP contribution < -0.4 is 9.88 Å². The van der Waals surface area contributed by atoms with Gasteiger partial charge in [-0.15, -0.1) is 0 Å². The number of H-pyrrole nitrogens is 1. The van der Waals surface area contributed by atoms with E-state index in [1.54, 1.807) is 18.3 Å². The Kier molecular flexibility index (Phi) is 4.88. The van der Waals surface area contributed by atoms with Gasteiger partial charge in [0.2, 0.25) is 15.4 Å². The van der Waals surface area contributed by atoms with Crippen molar-refractivity contribution >= 4 is 26.4 Å². The topological polar surface area (TPSA) is 51.5 Å². The molecule has 28 heavy (non-hydrogen) atoms. The summed E-state index contributed by atoms with van der Waals surface area (Å²) in [5.41, 5.74) is 5.11. The normalized spacial score (nSPS) is 14.8. The zero-order chi connectivity index (χ0) is 19.9. The van der Waals surface area contributed by atoms with E-state index in [0.717, 1.165) is 60.1 Å². The van der Waals surface area contributed by atoms with E-state index in [4.69, 9.17) is 0 Å². The van der Waals surface area contributed by atoms with E-state index >= 15 is 0 Å². The fraction of sp³-hybridized carbons (Fsp3) is 0.348. The number of nitrogens with one attached hydrogen (secondary N) is 1. The summed E-state index contributed by atoms with van der Waals surface area (Å²) in [6.45, 7) is 7.86. The molecule has 2 aromatic carbocycles. The second-order valence-electron chi connectivity index (χ2n) is 7.68. The van der Waals surface area contributed by atoms with Crippen LogP contribution in [0.25, 0.3) is 10.9 Å². The number of pyridine rings is 1. The molecule has 4 rings (SSSR count). The van der Waals surface area contributed by atoms with Crippen LogP contribution in [-0.4, -0.2) is 21.5 Å². The lowest BCUT2D eigenvalue weighted by Crippen LogP contribution is -2.23. The van der Waals surface area contributed by atoms with Crippen LogP contribution in [0, 0.1) is 13.8 Å². The van der Waals surface area contributed by atoms with Crippen LogP contribution in [0.2, 0.25) is 0 Å². The van der Waals surface area contributed by atoms with E-state index in [0.29, 0.717) is 9.79 Å². The SMILES string of the molecule is CCc1ccc2[nH+]cc(S(=O)(=O)c3ccc(C)c(C)c3)c(N3CCCC3)c2c1. The molecule has 0 saturated carbocycles. The van der Waals surface area contributed by atoms with Gasteiger partial charge in [0.05, 0.1) is 16.0 Å². The molecular weight excluding hydrogens is 368 g/mol. The minimum absolute atomic E-state index is 0.357. The van der Waals surface area contributed by atoms with Gasteiger partial charge in [0, 0.05) is 19.2 Å². The molecule has 0 spiro atoms. The lowest BCUT2D eigenvalue weighted by molar-refractivity contribution is -0.347. The third kappa shape index (κ3) is 3.18. The van der Waals surface area contributed by atoms with Gasteiger partial charge in [0.1, 0.15) is 0 Å². The fourth-order valence-electron chi connectivity index (χ4n) is 3.96. The molecule has 1 fully saturated rings. The Bertz CT molecular complexity index is 1150. The largest absolute Gasteiger partial charge is 0.370 e. The Morgan fingerprint density at radius 3 is 2.43 bits per heavy atom. The van der Waals surface area contributed by atoms with Crippen molar-refractivity contribution in [2.45, 2.75) is 49.8 Å². The maximum absolute atomic E-state index is 13.6. The van der Waals surface area contributed by atoms with Crippen LogP contribution in [0.15, 0.2) is 52.4 Å². The molecule has 1 aliphatic rings. The molecule has 1 aromatic heterocycles. The molecule has 1 saturated heterocycles. The third-order valence-electron chi connectivity index (χ3n) is 5.84. The Hall–Kier alpha value is -2.40. The molecule has 0 amide bonds. The lowest BCUT2D eigenvalue weighted by atomic mass is 10.1. The standard InChI is InChI=1S/C23H26N2O2S/c1-4-18-8-10-21-20(14-18)23(25-11-5-6-12-25)22(15-24-21)28(26,27)19-9-7-16(2)17(3)13-19/h7-10,13-15H,4-6,11-12H2,1-3H3/p+1. The maximum Gasteiger partial charge on any atom is 0.214 e. The highest BCUT2D eigenvalue weighted by Crippen LogP contribution is 2.37. The second kappa shape index (κ2) is 7.21. The molecule has 0 radical (unpaired) electrons. The summed E-state index contributed by atoms with van der Waals surface area (Å²) in [5.74, 6) is 0. The van der Waals surface area contributed by atoms with Crippen molar-refractivity contribution in [3.63, 3.8) is 0 Å². The number of rotatable bonds is 4. The maximum atomic E-state index is 13.6. The molecule has 1 N–H and O–H groups in total. The van der Waals surface area contributed by atoms with Gasteiger partial charge in [-0.25, -0.2) is 13.4 Å². The highest BCUT2D eigenvalue weighted by molar-refractivity contribution is 7.91. The third-order valence-corrected chi connectivity index (χ3v) is 7.60. The van der Waals surface area contributed by atoms with E-state index < -0.39 is 9.84 Å². The van der Waals surface area contributed by atoms with Crippen LogP contribution in [0.1, 0.15) is 36.5 Å². The number of aromatic amines is 1. The highest BCUT2D eigenvalue weighted by Gasteiger charge is 2.30. The average molecular weight is 396 g/mol. The van der Waals surface area contributed by atoms with Gasteiger partial charge in [0.15, 0.2) is 11.1 Å². The van der Waals surface area contributed by atoms with Crippen molar-refractivity contribution in [1.29, 1.82) is 0 Å². The number of nitrogens with zero attached hydrogens (tertiary/aromatic N) is 1. The molecular formula is C23H27N2O2S+. The first kappa shape index (κ1) is 18.9. The van der Waals surface area contributed by atoms with Gasteiger partial charge in [-0.1, -0.05) is 19.1 Å². The first-order chi connectivity index (χ1) is 13.4. The van der Waals surface area contributed by atoms with Gasteiger partial charge in [-0.3, -0.25) is 0 Å².